The van der Waals surface area contributed by atoms with Crippen LogP contribution in [0.25, 0.3) is 11.0 Å². The van der Waals surface area contributed by atoms with Crippen molar-refractivity contribution in [3.8, 4) is 0 Å². The molecule has 1 aromatic heterocycles. The summed E-state index contributed by atoms with van der Waals surface area (Å²) in [6.07, 6.45) is 0. The lowest BCUT2D eigenvalue weighted by Crippen LogP contribution is -2.00. The molecule has 5 heteroatoms. The number of para-hydroxylation sites is 1. The zero-order valence-electron chi connectivity index (χ0n) is 10.8. The predicted molar refractivity (Wildman–Crippen MR) is 87.7 cm³/mol. The van der Waals surface area contributed by atoms with E-state index in [1.165, 1.54) is 11.8 Å². The Morgan fingerprint density at radius 1 is 1.10 bits per heavy atom. The molecule has 0 unspecified atom stereocenters. The lowest BCUT2D eigenvalue weighted by Gasteiger charge is -2.00. The number of ketones is 1. The number of hydrogen-bond donors (Lipinski definition) is 0. The van der Waals surface area contributed by atoms with Crippen molar-refractivity contribution in [3.63, 3.8) is 0 Å². The van der Waals surface area contributed by atoms with E-state index in [1.54, 1.807) is 18.2 Å². The van der Waals surface area contributed by atoms with E-state index in [1.807, 2.05) is 30.3 Å². The van der Waals surface area contributed by atoms with Crippen LogP contribution in [0.1, 0.15) is 10.6 Å². The number of Topliss-reactive ketones (excluding diaryl/α,β-unsaturated/α-hetero) is 1. The van der Waals surface area contributed by atoms with Crippen molar-refractivity contribution in [1.82, 2.24) is 0 Å². The van der Waals surface area contributed by atoms with Gasteiger partial charge in [0.1, 0.15) is 0 Å². The molecule has 2 nitrogen and oxygen atoms in total. The molecule has 0 saturated heterocycles. The maximum absolute atomic E-state index is 12.2. The van der Waals surface area contributed by atoms with Crippen LogP contribution < -0.4 is 0 Å². The molecule has 0 fully saturated rings. The number of halogens is 2. The van der Waals surface area contributed by atoms with Gasteiger partial charge < -0.3 is 4.42 Å². The number of thioether (sulfide) groups is 1. The van der Waals surface area contributed by atoms with Gasteiger partial charge in [-0.05, 0) is 30.3 Å². The second-order valence-corrected chi connectivity index (χ2v) is 6.33. The summed E-state index contributed by atoms with van der Waals surface area (Å²) in [6.45, 7) is 0. The van der Waals surface area contributed by atoms with E-state index in [0.29, 0.717) is 21.4 Å². The predicted octanol–water partition coefficient (Wildman–Crippen LogP) is 5.71. The van der Waals surface area contributed by atoms with Crippen molar-refractivity contribution in [2.24, 2.45) is 0 Å². The first kappa shape index (κ1) is 14.5. The molecular weight excluding hydrogens is 327 g/mol. The first-order valence-corrected chi connectivity index (χ1v) is 7.97. The Kier molecular flexibility index (Phi) is 4.24. The number of furan rings is 1. The molecule has 106 valence electrons. The first-order valence-electron chi connectivity index (χ1n) is 6.23. The van der Waals surface area contributed by atoms with Crippen LogP contribution in [0.3, 0.4) is 0 Å². The monoisotopic (exact) mass is 336 g/mol. The van der Waals surface area contributed by atoms with Crippen molar-refractivity contribution in [1.29, 1.82) is 0 Å². The molecule has 0 aliphatic heterocycles. The Labute approximate surface area is 136 Å². The summed E-state index contributed by atoms with van der Waals surface area (Å²) in [4.78, 5) is 13.1. The number of carbonyl (C=O) groups excluding carboxylic acids is 1. The molecule has 0 saturated carbocycles. The molecule has 0 N–H and O–H groups in total. The number of benzene rings is 2. The van der Waals surface area contributed by atoms with Crippen LogP contribution in [-0.4, -0.2) is 11.5 Å². The van der Waals surface area contributed by atoms with Crippen molar-refractivity contribution in [2.75, 3.05) is 5.75 Å². The Hall–Kier alpha value is -1.42. The van der Waals surface area contributed by atoms with Crippen LogP contribution in [0.2, 0.25) is 10.0 Å². The fourth-order valence-electron chi connectivity index (χ4n) is 1.94. The zero-order valence-corrected chi connectivity index (χ0v) is 13.1. The van der Waals surface area contributed by atoms with Gasteiger partial charge in [-0.25, -0.2) is 0 Å². The number of carbonyl (C=O) groups is 1. The molecule has 0 aliphatic rings. The van der Waals surface area contributed by atoms with Gasteiger partial charge in [0.15, 0.2) is 11.3 Å². The summed E-state index contributed by atoms with van der Waals surface area (Å²) < 4.78 is 5.55. The SMILES string of the molecule is O=C(CSc1cccc(Cl)c1)c1cc2cccc(Cl)c2o1. The molecule has 0 bridgehead atoms. The highest BCUT2D eigenvalue weighted by molar-refractivity contribution is 8.00. The molecule has 1 heterocycles. The molecule has 0 radical (unpaired) electrons. The molecule has 3 aromatic rings. The van der Waals surface area contributed by atoms with Gasteiger partial charge in [-0.2, -0.15) is 0 Å². The quantitative estimate of drug-likeness (QED) is 0.451. The minimum Gasteiger partial charge on any atom is -0.451 e. The van der Waals surface area contributed by atoms with Crippen molar-refractivity contribution in [2.45, 2.75) is 4.90 Å². The molecule has 0 amide bonds. The van der Waals surface area contributed by atoms with E-state index in [4.69, 9.17) is 27.6 Å². The third-order valence-electron chi connectivity index (χ3n) is 2.94. The Balaban J connectivity index is 1.76. The molecule has 21 heavy (non-hydrogen) atoms. The van der Waals surface area contributed by atoms with Crippen molar-refractivity contribution in [3.05, 3.63) is 64.3 Å². The molecule has 0 aliphatic carbocycles. The lowest BCUT2D eigenvalue weighted by atomic mass is 10.2. The number of hydrogen-bond acceptors (Lipinski definition) is 3. The Bertz CT molecular complexity index is 811. The summed E-state index contributed by atoms with van der Waals surface area (Å²) >= 11 is 13.4. The van der Waals surface area contributed by atoms with E-state index < -0.39 is 0 Å². The van der Waals surface area contributed by atoms with E-state index >= 15 is 0 Å². The summed E-state index contributed by atoms with van der Waals surface area (Å²) in [6, 6.07) is 14.6. The van der Waals surface area contributed by atoms with Gasteiger partial charge in [0.25, 0.3) is 0 Å². The summed E-state index contributed by atoms with van der Waals surface area (Å²) in [5.74, 6) is 0.539. The van der Waals surface area contributed by atoms with Crippen molar-refractivity contribution < 1.29 is 9.21 Å². The van der Waals surface area contributed by atoms with Gasteiger partial charge in [0, 0.05) is 15.3 Å². The Morgan fingerprint density at radius 2 is 1.90 bits per heavy atom. The number of fused-ring (bicyclic) bond motifs is 1. The summed E-state index contributed by atoms with van der Waals surface area (Å²) in [7, 11) is 0. The summed E-state index contributed by atoms with van der Waals surface area (Å²) in [5.41, 5.74) is 0.551. The molecule has 0 spiro atoms. The van der Waals surface area contributed by atoms with Crippen LogP contribution in [-0.2, 0) is 0 Å². The molecular formula is C16H10Cl2O2S. The van der Waals surface area contributed by atoms with Crippen LogP contribution in [0.15, 0.2) is 57.8 Å². The third-order valence-corrected chi connectivity index (χ3v) is 4.46. The van der Waals surface area contributed by atoms with Crippen LogP contribution in [0, 0.1) is 0 Å². The third kappa shape index (κ3) is 3.26. The van der Waals surface area contributed by atoms with E-state index in [2.05, 4.69) is 0 Å². The van der Waals surface area contributed by atoms with Crippen LogP contribution >= 0.6 is 35.0 Å². The largest absolute Gasteiger partial charge is 0.451 e. The second kappa shape index (κ2) is 6.14. The van der Waals surface area contributed by atoms with Gasteiger partial charge in [-0.1, -0.05) is 41.4 Å². The summed E-state index contributed by atoms with van der Waals surface area (Å²) in [5, 5.41) is 2.00. The second-order valence-electron chi connectivity index (χ2n) is 4.44. The molecule has 0 atom stereocenters. The highest BCUT2D eigenvalue weighted by Gasteiger charge is 2.14. The van der Waals surface area contributed by atoms with Crippen LogP contribution in [0.4, 0.5) is 0 Å². The number of rotatable bonds is 4. The normalized spacial score (nSPS) is 11.0. The Morgan fingerprint density at radius 3 is 2.67 bits per heavy atom. The topological polar surface area (TPSA) is 30.2 Å². The van der Waals surface area contributed by atoms with Crippen molar-refractivity contribution >= 4 is 51.7 Å². The van der Waals surface area contributed by atoms with Gasteiger partial charge >= 0.3 is 0 Å². The standard InChI is InChI=1S/C16H10Cl2O2S/c17-11-4-2-5-12(8-11)21-9-14(19)15-7-10-3-1-6-13(18)16(10)20-15/h1-8H,9H2. The fraction of sp³-hybridized carbons (Fsp3) is 0.0625. The van der Waals surface area contributed by atoms with E-state index in [9.17, 15) is 4.79 Å². The average molecular weight is 337 g/mol. The van der Waals surface area contributed by atoms with E-state index in [0.717, 1.165) is 10.3 Å². The minimum atomic E-state index is -0.0766. The highest BCUT2D eigenvalue weighted by Crippen LogP contribution is 2.28. The van der Waals surface area contributed by atoms with Gasteiger partial charge in [0.2, 0.25) is 5.78 Å². The maximum Gasteiger partial charge on any atom is 0.208 e. The van der Waals surface area contributed by atoms with Gasteiger partial charge in [-0.15, -0.1) is 11.8 Å². The fourth-order valence-corrected chi connectivity index (χ4v) is 3.24. The average Bonchev–Trinajstić information content (AvgIpc) is 2.90. The molecule has 2 aromatic carbocycles. The highest BCUT2D eigenvalue weighted by atomic mass is 35.5. The van der Waals surface area contributed by atoms with Gasteiger partial charge in [-0.3, -0.25) is 4.79 Å². The first-order chi connectivity index (χ1) is 10.1. The molecule has 3 rings (SSSR count). The van der Waals surface area contributed by atoms with Gasteiger partial charge in [0.05, 0.1) is 10.8 Å². The maximum atomic E-state index is 12.2. The zero-order chi connectivity index (χ0) is 14.8. The van der Waals surface area contributed by atoms with Crippen LogP contribution in [0.5, 0.6) is 0 Å². The lowest BCUT2D eigenvalue weighted by molar-refractivity contribution is 0.0994. The minimum absolute atomic E-state index is 0.0766. The van der Waals surface area contributed by atoms with E-state index in [-0.39, 0.29) is 11.5 Å². The smallest absolute Gasteiger partial charge is 0.208 e.